The lowest BCUT2D eigenvalue weighted by Gasteiger charge is -2.29. The fourth-order valence-electron chi connectivity index (χ4n) is 2.58. The summed E-state index contributed by atoms with van der Waals surface area (Å²) in [7, 11) is 0. The van der Waals surface area contributed by atoms with E-state index < -0.39 is 0 Å². The van der Waals surface area contributed by atoms with Crippen molar-refractivity contribution in [3.63, 3.8) is 0 Å². The van der Waals surface area contributed by atoms with E-state index in [1.807, 2.05) is 31.2 Å². The van der Waals surface area contributed by atoms with Crippen LogP contribution in [0, 0.1) is 11.7 Å². The van der Waals surface area contributed by atoms with Crippen molar-refractivity contribution in [3.8, 4) is 11.4 Å². The molecular weight excluding hydrogens is 322 g/mol. The van der Waals surface area contributed by atoms with E-state index in [2.05, 4.69) is 48.2 Å². The van der Waals surface area contributed by atoms with Gasteiger partial charge in [0.15, 0.2) is 5.82 Å². The zero-order chi connectivity index (χ0) is 17.9. The van der Waals surface area contributed by atoms with Gasteiger partial charge in [-0.2, -0.15) is 5.10 Å². The quantitative estimate of drug-likeness (QED) is 0.788. The van der Waals surface area contributed by atoms with Crippen LogP contribution in [-0.4, -0.2) is 44.3 Å². The Labute approximate surface area is 147 Å². The molecule has 0 spiro atoms. The van der Waals surface area contributed by atoms with Gasteiger partial charge in [0.25, 0.3) is 5.91 Å². The van der Waals surface area contributed by atoms with Crippen molar-refractivity contribution in [3.05, 3.63) is 34.6 Å². The van der Waals surface area contributed by atoms with Crippen LogP contribution in [0.25, 0.3) is 11.4 Å². The van der Waals surface area contributed by atoms with Gasteiger partial charge in [0.2, 0.25) is 4.77 Å². The number of carbonyl (C=O) groups is 1. The van der Waals surface area contributed by atoms with Gasteiger partial charge < -0.3 is 0 Å². The van der Waals surface area contributed by atoms with E-state index in [4.69, 9.17) is 12.2 Å². The van der Waals surface area contributed by atoms with E-state index in [0.29, 0.717) is 17.1 Å². The number of carbonyl (C=O) groups excluding carboxylic acids is 1. The molecule has 0 fully saturated rings. The van der Waals surface area contributed by atoms with Crippen LogP contribution in [0.15, 0.2) is 24.3 Å². The van der Waals surface area contributed by atoms with Gasteiger partial charge in [-0.25, -0.2) is 9.77 Å². The zero-order valence-corrected chi connectivity index (χ0v) is 15.6. The maximum atomic E-state index is 12.5. The van der Waals surface area contributed by atoms with Gasteiger partial charge in [-0.1, -0.05) is 29.8 Å². The molecule has 1 aromatic heterocycles. The summed E-state index contributed by atoms with van der Waals surface area (Å²) < 4.78 is 1.89. The minimum Gasteiger partial charge on any atom is -0.290 e. The highest BCUT2D eigenvalue weighted by atomic mass is 32.1. The highest BCUT2D eigenvalue weighted by Gasteiger charge is 2.18. The molecule has 2 rings (SSSR count). The molecule has 6 nitrogen and oxygen atoms in total. The summed E-state index contributed by atoms with van der Waals surface area (Å²) in [5.41, 5.74) is 4.90. The highest BCUT2D eigenvalue weighted by molar-refractivity contribution is 7.71. The molecular formula is C17H25N5OS. The summed E-state index contributed by atoms with van der Waals surface area (Å²) >= 11 is 5.25. The molecule has 0 unspecified atom stereocenters. The van der Waals surface area contributed by atoms with Crippen LogP contribution in [0.4, 0.5) is 0 Å². The van der Waals surface area contributed by atoms with E-state index >= 15 is 0 Å². The molecule has 0 saturated carbocycles. The van der Waals surface area contributed by atoms with Gasteiger partial charge in [0.05, 0.1) is 6.54 Å². The Kier molecular flexibility index (Phi) is 5.90. The van der Waals surface area contributed by atoms with Crippen molar-refractivity contribution in [2.75, 3.05) is 12.0 Å². The number of benzene rings is 1. The summed E-state index contributed by atoms with van der Waals surface area (Å²) in [5, 5.41) is 6.98. The van der Waals surface area contributed by atoms with Crippen LogP contribution in [0.2, 0.25) is 0 Å². The van der Waals surface area contributed by atoms with Crippen LogP contribution < -0.4 is 5.43 Å². The summed E-state index contributed by atoms with van der Waals surface area (Å²) in [6.45, 7) is 10.6. The SMILES string of the molecule is Cc1ccc(-c2n[nH]c(=S)n2NC(=O)CN(C(C)C)C(C)C)cc1. The van der Waals surface area contributed by atoms with Gasteiger partial charge in [-0.15, -0.1) is 0 Å². The van der Waals surface area contributed by atoms with Crippen LogP contribution in [0.5, 0.6) is 0 Å². The smallest absolute Gasteiger partial charge is 0.253 e. The third-order valence-electron chi connectivity index (χ3n) is 3.87. The molecule has 7 heteroatoms. The lowest BCUT2D eigenvalue weighted by molar-refractivity contribution is -0.119. The largest absolute Gasteiger partial charge is 0.290 e. The monoisotopic (exact) mass is 347 g/mol. The Balaban J connectivity index is 2.21. The first-order valence-electron chi connectivity index (χ1n) is 8.09. The molecule has 24 heavy (non-hydrogen) atoms. The van der Waals surface area contributed by atoms with Gasteiger partial charge in [-0.05, 0) is 46.8 Å². The maximum absolute atomic E-state index is 12.5. The number of hydrogen-bond acceptors (Lipinski definition) is 4. The van der Waals surface area contributed by atoms with Crippen molar-refractivity contribution in [2.45, 2.75) is 46.7 Å². The Bertz CT molecular complexity index is 737. The molecule has 0 radical (unpaired) electrons. The lowest BCUT2D eigenvalue weighted by Crippen LogP contribution is -2.43. The Morgan fingerprint density at radius 3 is 2.38 bits per heavy atom. The molecule has 0 aliphatic rings. The Hall–Kier alpha value is -1.99. The van der Waals surface area contributed by atoms with Crippen molar-refractivity contribution in [1.29, 1.82) is 0 Å². The van der Waals surface area contributed by atoms with Crippen molar-refractivity contribution in [1.82, 2.24) is 19.8 Å². The fraction of sp³-hybridized carbons (Fsp3) is 0.471. The number of hydrogen-bond donors (Lipinski definition) is 2. The first-order valence-corrected chi connectivity index (χ1v) is 8.50. The van der Waals surface area contributed by atoms with Crippen molar-refractivity contribution < 1.29 is 4.79 Å². The number of aromatic nitrogens is 3. The normalized spacial score (nSPS) is 11.5. The second-order valence-corrected chi connectivity index (χ2v) is 6.84. The number of rotatable bonds is 6. The third kappa shape index (κ3) is 4.30. The average molecular weight is 347 g/mol. The van der Waals surface area contributed by atoms with E-state index in [0.717, 1.165) is 11.1 Å². The number of aromatic amines is 1. The second-order valence-electron chi connectivity index (χ2n) is 6.45. The molecule has 1 heterocycles. The van der Waals surface area contributed by atoms with Crippen LogP contribution in [0.1, 0.15) is 33.3 Å². The molecule has 0 bridgehead atoms. The summed E-state index contributed by atoms with van der Waals surface area (Å²) in [6.07, 6.45) is 0. The molecule has 2 aromatic rings. The average Bonchev–Trinajstić information content (AvgIpc) is 2.86. The first kappa shape index (κ1) is 18.4. The standard InChI is InChI=1S/C17H25N5OS/c1-11(2)21(12(3)4)10-15(23)20-22-16(18-19-17(22)24)14-8-6-13(5)7-9-14/h6-9,11-12H,10H2,1-5H3,(H,19,24)(H,20,23). The Morgan fingerprint density at radius 1 is 1.25 bits per heavy atom. The maximum Gasteiger partial charge on any atom is 0.253 e. The Morgan fingerprint density at radius 2 is 1.83 bits per heavy atom. The molecule has 0 saturated heterocycles. The lowest BCUT2D eigenvalue weighted by atomic mass is 10.1. The summed E-state index contributed by atoms with van der Waals surface area (Å²) in [6, 6.07) is 8.47. The number of amides is 1. The number of aryl methyl sites for hydroxylation is 1. The third-order valence-corrected chi connectivity index (χ3v) is 4.15. The minimum absolute atomic E-state index is 0.122. The predicted octanol–water partition coefficient (Wildman–Crippen LogP) is 3.11. The van der Waals surface area contributed by atoms with E-state index in [1.54, 1.807) is 0 Å². The molecule has 0 atom stereocenters. The minimum atomic E-state index is -0.122. The van der Waals surface area contributed by atoms with Crippen LogP contribution in [0.3, 0.4) is 0 Å². The number of H-pyrrole nitrogens is 1. The van der Waals surface area contributed by atoms with Crippen LogP contribution >= 0.6 is 12.2 Å². The van der Waals surface area contributed by atoms with Crippen molar-refractivity contribution >= 4 is 18.1 Å². The summed E-state index contributed by atoms with van der Waals surface area (Å²) in [5.74, 6) is 0.470. The first-order chi connectivity index (χ1) is 11.3. The molecule has 0 aliphatic carbocycles. The van der Waals surface area contributed by atoms with Gasteiger partial charge in [0.1, 0.15) is 0 Å². The topological polar surface area (TPSA) is 66.0 Å². The van der Waals surface area contributed by atoms with E-state index in [1.165, 1.54) is 4.68 Å². The van der Waals surface area contributed by atoms with E-state index in [9.17, 15) is 4.79 Å². The van der Waals surface area contributed by atoms with Gasteiger partial charge in [-0.3, -0.25) is 15.1 Å². The fourth-order valence-corrected chi connectivity index (χ4v) is 2.76. The van der Waals surface area contributed by atoms with E-state index in [-0.39, 0.29) is 18.0 Å². The molecule has 1 amide bonds. The molecule has 130 valence electrons. The molecule has 2 N–H and O–H groups in total. The number of nitrogens with zero attached hydrogens (tertiary/aromatic N) is 3. The zero-order valence-electron chi connectivity index (χ0n) is 14.8. The molecule has 0 aliphatic heterocycles. The van der Waals surface area contributed by atoms with Gasteiger partial charge >= 0.3 is 0 Å². The van der Waals surface area contributed by atoms with Gasteiger partial charge in [0, 0.05) is 17.6 Å². The summed E-state index contributed by atoms with van der Waals surface area (Å²) in [4.78, 5) is 14.6. The molecule has 1 aromatic carbocycles. The number of nitrogens with one attached hydrogen (secondary N) is 2. The predicted molar refractivity (Wildman–Crippen MR) is 98.9 cm³/mol. The van der Waals surface area contributed by atoms with Crippen molar-refractivity contribution in [2.24, 2.45) is 0 Å². The second kappa shape index (κ2) is 7.72. The van der Waals surface area contributed by atoms with Crippen LogP contribution in [-0.2, 0) is 4.79 Å². The highest BCUT2D eigenvalue weighted by Crippen LogP contribution is 2.17.